The number of hydrogen-bond acceptors (Lipinski definition) is 4. The molecule has 0 saturated carbocycles. The van der Waals surface area contributed by atoms with Crippen LogP contribution in [-0.4, -0.2) is 38.9 Å². The smallest absolute Gasteiger partial charge is 0.222 e. The van der Waals surface area contributed by atoms with Gasteiger partial charge >= 0.3 is 0 Å². The highest BCUT2D eigenvalue weighted by atomic mass is 19.1. The molecule has 0 saturated heterocycles. The molecule has 0 N–H and O–H groups in total. The molecule has 0 bridgehead atoms. The molecule has 20 heavy (non-hydrogen) atoms. The van der Waals surface area contributed by atoms with Crippen molar-refractivity contribution < 1.29 is 13.9 Å². The van der Waals surface area contributed by atoms with Gasteiger partial charge in [-0.25, -0.2) is 4.98 Å². The number of rotatable bonds is 6. The van der Waals surface area contributed by atoms with Gasteiger partial charge in [-0.3, -0.25) is 0 Å². The van der Waals surface area contributed by atoms with E-state index in [-0.39, 0.29) is 0 Å². The number of benzene rings is 1. The van der Waals surface area contributed by atoms with E-state index in [9.17, 15) is 4.39 Å². The van der Waals surface area contributed by atoms with Crippen molar-refractivity contribution >= 4 is 16.6 Å². The first-order valence-electron chi connectivity index (χ1n) is 6.57. The summed E-state index contributed by atoms with van der Waals surface area (Å²) in [5.41, 5.74) is 0. The summed E-state index contributed by atoms with van der Waals surface area (Å²) in [6.45, 7) is 4.00. The predicted molar refractivity (Wildman–Crippen MR) is 78.0 cm³/mol. The highest BCUT2D eigenvalue weighted by Gasteiger charge is 2.11. The van der Waals surface area contributed by atoms with Crippen molar-refractivity contribution in [2.24, 2.45) is 0 Å². The first-order chi connectivity index (χ1) is 9.69. The van der Waals surface area contributed by atoms with E-state index in [1.165, 1.54) is 0 Å². The van der Waals surface area contributed by atoms with Crippen molar-refractivity contribution in [2.75, 3.05) is 38.8 Å². The van der Waals surface area contributed by atoms with E-state index < -0.39 is 5.95 Å². The lowest BCUT2D eigenvalue weighted by atomic mass is 10.1. The molecule has 5 heteroatoms. The van der Waals surface area contributed by atoms with Gasteiger partial charge in [-0.1, -0.05) is 0 Å². The number of methoxy groups -OCH3 is 2. The third-order valence-electron chi connectivity index (χ3n) is 3.25. The quantitative estimate of drug-likeness (QED) is 0.761. The van der Waals surface area contributed by atoms with Crippen LogP contribution in [-0.2, 0) is 4.74 Å². The lowest BCUT2D eigenvalue weighted by Gasteiger charge is -2.22. The van der Waals surface area contributed by atoms with Gasteiger partial charge in [0, 0.05) is 25.6 Å². The number of pyridine rings is 1. The summed E-state index contributed by atoms with van der Waals surface area (Å²) in [7, 11) is 3.24. The Kier molecular flexibility index (Phi) is 4.74. The van der Waals surface area contributed by atoms with Gasteiger partial charge in [0.05, 0.1) is 13.7 Å². The van der Waals surface area contributed by atoms with E-state index in [1.807, 2.05) is 24.0 Å². The Labute approximate surface area is 118 Å². The molecule has 0 amide bonds. The van der Waals surface area contributed by atoms with Crippen molar-refractivity contribution in [3.05, 3.63) is 30.2 Å². The lowest BCUT2D eigenvalue weighted by molar-refractivity contribution is 0.205. The molecule has 1 heterocycles. The highest BCUT2D eigenvalue weighted by molar-refractivity contribution is 5.86. The van der Waals surface area contributed by atoms with Gasteiger partial charge in [0.15, 0.2) is 0 Å². The topological polar surface area (TPSA) is 34.6 Å². The first-order valence-corrected chi connectivity index (χ1v) is 6.57. The first kappa shape index (κ1) is 14.5. The fourth-order valence-corrected chi connectivity index (χ4v) is 2.11. The van der Waals surface area contributed by atoms with Crippen LogP contribution < -0.4 is 9.64 Å². The third-order valence-corrected chi connectivity index (χ3v) is 3.25. The molecule has 0 aliphatic carbocycles. The molecule has 1 aromatic carbocycles. The van der Waals surface area contributed by atoms with Crippen LogP contribution in [0.5, 0.6) is 5.75 Å². The average Bonchev–Trinajstić information content (AvgIpc) is 2.47. The zero-order valence-corrected chi connectivity index (χ0v) is 12.0. The number of ether oxygens (including phenoxy) is 2. The molecule has 0 aliphatic rings. The summed E-state index contributed by atoms with van der Waals surface area (Å²) in [5, 5.41) is 1.28. The standard InChI is InChI=1S/C15H19FN2O2/c1-4-18(7-8-19-2)14-10-11-9-12(20-3)5-6-13(11)15(16)17-14/h5-6,9-10H,4,7-8H2,1-3H3. The van der Waals surface area contributed by atoms with E-state index >= 15 is 0 Å². The van der Waals surface area contributed by atoms with Gasteiger partial charge in [0.25, 0.3) is 0 Å². The van der Waals surface area contributed by atoms with Gasteiger partial charge < -0.3 is 14.4 Å². The summed E-state index contributed by atoms with van der Waals surface area (Å²) in [6.07, 6.45) is 0. The SMILES string of the molecule is CCN(CCOC)c1cc2cc(OC)ccc2c(F)n1. The van der Waals surface area contributed by atoms with Crippen LogP contribution in [0.25, 0.3) is 10.8 Å². The van der Waals surface area contributed by atoms with Crippen LogP contribution in [0.2, 0.25) is 0 Å². The Morgan fingerprint density at radius 3 is 2.70 bits per heavy atom. The zero-order valence-electron chi connectivity index (χ0n) is 12.0. The number of anilines is 1. The monoisotopic (exact) mass is 278 g/mol. The second kappa shape index (κ2) is 6.52. The maximum atomic E-state index is 14.1. The molecule has 0 spiro atoms. The van der Waals surface area contributed by atoms with E-state index in [1.54, 1.807) is 26.4 Å². The molecule has 0 atom stereocenters. The van der Waals surface area contributed by atoms with Gasteiger partial charge in [-0.2, -0.15) is 4.39 Å². The van der Waals surface area contributed by atoms with Gasteiger partial charge in [-0.15, -0.1) is 0 Å². The van der Waals surface area contributed by atoms with Crippen molar-refractivity contribution in [1.82, 2.24) is 4.98 Å². The zero-order chi connectivity index (χ0) is 14.5. The average molecular weight is 278 g/mol. The number of halogens is 1. The highest BCUT2D eigenvalue weighted by Crippen LogP contribution is 2.26. The third kappa shape index (κ3) is 2.99. The van der Waals surface area contributed by atoms with Gasteiger partial charge in [-0.05, 0) is 36.6 Å². The maximum absolute atomic E-state index is 14.1. The predicted octanol–water partition coefficient (Wildman–Crippen LogP) is 2.86. The van der Waals surface area contributed by atoms with E-state index in [4.69, 9.17) is 9.47 Å². The molecule has 2 aromatic rings. The molecule has 4 nitrogen and oxygen atoms in total. The molecule has 0 fully saturated rings. The number of likely N-dealkylation sites (N-methyl/N-ethyl adjacent to an activating group) is 1. The van der Waals surface area contributed by atoms with Crippen molar-refractivity contribution in [3.8, 4) is 5.75 Å². The number of fused-ring (bicyclic) bond motifs is 1. The Bertz CT molecular complexity index is 589. The van der Waals surface area contributed by atoms with Crippen LogP contribution >= 0.6 is 0 Å². The minimum atomic E-state index is -0.462. The van der Waals surface area contributed by atoms with Crippen LogP contribution in [0.1, 0.15) is 6.92 Å². The van der Waals surface area contributed by atoms with Crippen molar-refractivity contribution in [3.63, 3.8) is 0 Å². The molecule has 0 radical (unpaired) electrons. The van der Waals surface area contributed by atoms with E-state index in [2.05, 4.69) is 4.98 Å². The van der Waals surface area contributed by atoms with Crippen LogP contribution in [0.3, 0.4) is 0 Å². The summed E-state index contributed by atoms with van der Waals surface area (Å²) in [5.74, 6) is 0.854. The van der Waals surface area contributed by atoms with E-state index in [0.717, 1.165) is 11.9 Å². The minimum absolute atomic E-state index is 0.462. The van der Waals surface area contributed by atoms with Crippen LogP contribution in [0, 0.1) is 5.95 Å². The fourth-order valence-electron chi connectivity index (χ4n) is 2.11. The summed E-state index contributed by atoms with van der Waals surface area (Å²) < 4.78 is 24.3. The van der Waals surface area contributed by atoms with Crippen LogP contribution in [0.15, 0.2) is 24.3 Å². The Morgan fingerprint density at radius 1 is 1.25 bits per heavy atom. The van der Waals surface area contributed by atoms with Gasteiger partial charge in [0.1, 0.15) is 11.6 Å². The normalized spacial score (nSPS) is 10.8. The number of nitrogens with zero attached hydrogens (tertiary/aromatic N) is 2. The molecular weight excluding hydrogens is 259 g/mol. The molecule has 0 unspecified atom stereocenters. The molecular formula is C15H19FN2O2. The Morgan fingerprint density at radius 2 is 2.05 bits per heavy atom. The molecule has 2 rings (SSSR count). The van der Waals surface area contributed by atoms with Crippen molar-refractivity contribution in [1.29, 1.82) is 0 Å². The van der Waals surface area contributed by atoms with E-state index in [0.29, 0.717) is 30.1 Å². The number of aromatic nitrogens is 1. The molecule has 108 valence electrons. The Hall–Kier alpha value is -1.88. The minimum Gasteiger partial charge on any atom is -0.497 e. The molecule has 1 aromatic heterocycles. The molecule has 0 aliphatic heterocycles. The summed E-state index contributed by atoms with van der Waals surface area (Å²) >= 11 is 0. The Balaban J connectivity index is 2.43. The van der Waals surface area contributed by atoms with Crippen molar-refractivity contribution in [2.45, 2.75) is 6.92 Å². The van der Waals surface area contributed by atoms with Gasteiger partial charge in [0.2, 0.25) is 5.95 Å². The second-order valence-corrected chi connectivity index (χ2v) is 4.43. The second-order valence-electron chi connectivity index (χ2n) is 4.43. The fraction of sp³-hybridized carbons (Fsp3) is 0.400. The summed E-state index contributed by atoms with van der Waals surface area (Å²) in [4.78, 5) is 6.02. The van der Waals surface area contributed by atoms with Crippen LogP contribution in [0.4, 0.5) is 10.2 Å². The largest absolute Gasteiger partial charge is 0.497 e. The maximum Gasteiger partial charge on any atom is 0.222 e. The lowest BCUT2D eigenvalue weighted by Crippen LogP contribution is -2.27. The summed E-state index contributed by atoms with van der Waals surface area (Å²) in [6, 6.07) is 7.11. The number of hydrogen-bond donors (Lipinski definition) is 0.